The number of carbonyl (C=O) groups is 1. The highest BCUT2D eigenvalue weighted by molar-refractivity contribution is 7.15. The van der Waals surface area contributed by atoms with Crippen molar-refractivity contribution in [1.29, 1.82) is 0 Å². The van der Waals surface area contributed by atoms with Crippen molar-refractivity contribution in [1.82, 2.24) is 0 Å². The molecular formula is C14H14O5S. The minimum Gasteiger partial charge on any atom is -0.493 e. The van der Waals surface area contributed by atoms with Crippen molar-refractivity contribution in [2.24, 2.45) is 0 Å². The lowest BCUT2D eigenvalue weighted by Crippen LogP contribution is -2.08. The summed E-state index contributed by atoms with van der Waals surface area (Å²) in [5.74, 6) is -0.0388. The van der Waals surface area contributed by atoms with Crippen molar-refractivity contribution in [2.45, 2.75) is 6.10 Å². The van der Waals surface area contributed by atoms with Crippen LogP contribution >= 0.6 is 11.3 Å². The van der Waals surface area contributed by atoms with Crippen LogP contribution < -0.4 is 9.47 Å². The molecule has 20 heavy (non-hydrogen) atoms. The fourth-order valence-corrected chi connectivity index (χ4v) is 2.75. The summed E-state index contributed by atoms with van der Waals surface area (Å²) >= 11 is 1.23. The van der Waals surface area contributed by atoms with Gasteiger partial charge in [-0.25, -0.2) is 4.79 Å². The molecule has 5 nitrogen and oxygen atoms in total. The Morgan fingerprint density at radius 3 is 2.45 bits per heavy atom. The van der Waals surface area contributed by atoms with E-state index in [1.54, 1.807) is 32.4 Å². The summed E-state index contributed by atoms with van der Waals surface area (Å²) in [7, 11) is 3.11. The van der Waals surface area contributed by atoms with Gasteiger partial charge in [-0.2, -0.15) is 0 Å². The molecular weight excluding hydrogens is 280 g/mol. The first-order valence-corrected chi connectivity index (χ1v) is 6.61. The molecule has 1 atom stereocenters. The Bertz CT molecular complexity index is 620. The summed E-state index contributed by atoms with van der Waals surface area (Å²) in [6, 6.07) is 8.82. The summed E-state index contributed by atoms with van der Waals surface area (Å²) in [5.41, 5.74) is 0.872. The first-order valence-electron chi connectivity index (χ1n) is 5.79. The van der Waals surface area contributed by atoms with Crippen LogP contribution in [0.4, 0.5) is 0 Å². The zero-order valence-corrected chi connectivity index (χ0v) is 11.8. The van der Waals surface area contributed by atoms with Crippen LogP contribution in [-0.4, -0.2) is 30.4 Å². The first-order chi connectivity index (χ1) is 9.56. The van der Waals surface area contributed by atoms with E-state index in [2.05, 4.69) is 0 Å². The number of benzene rings is 1. The second-order valence-corrected chi connectivity index (χ2v) is 5.13. The molecule has 0 spiro atoms. The van der Waals surface area contributed by atoms with E-state index in [1.807, 2.05) is 12.1 Å². The number of carboxylic acid groups (broad SMARTS) is 1. The minimum absolute atomic E-state index is 0.391. The van der Waals surface area contributed by atoms with E-state index < -0.39 is 12.1 Å². The smallest absolute Gasteiger partial charge is 0.338 e. The number of aliphatic hydroxyl groups excluding tert-OH is 1. The predicted octanol–water partition coefficient (Wildman–Crippen LogP) is 2.55. The number of hydrogen-bond donors (Lipinski definition) is 2. The summed E-state index contributed by atoms with van der Waals surface area (Å²) in [6.45, 7) is 0. The lowest BCUT2D eigenvalue weighted by molar-refractivity contribution is -0.146. The van der Waals surface area contributed by atoms with E-state index in [0.717, 1.165) is 10.4 Å². The Kier molecular flexibility index (Phi) is 4.26. The van der Waals surface area contributed by atoms with Crippen LogP contribution in [0.5, 0.6) is 11.5 Å². The second kappa shape index (κ2) is 5.94. The molecule has 2 aromatic rings. The molecule has 1 heterocycles. The molecule has 0 bridgehead atoms. The van der Waals surface area contributed by atoms with Crippen molar-refractivity contribution in [3.05, 3.63) is 35.2 Å². The van der Waals surface area contributed by atoms with Crippen LogP contribution in [-0.2, 0) is 4.79 Å². The van der Waals surface area contributed by atoms with Crippen LogP contribution in [0.2, 0.25) is 0 Å². The highest BCUT2D eigenvalue weighted by Crippen LogP contribution is 2.36. The largest absolute Gasteiger partial charge is 0.493 e. The minimum atomic E-state index is -1.49. The maximum atomic E-state index is 10.7. The summed E-state index contributed by atoms with van der Waals surface area (Å²) in [6.07, 6.45) is -1.49. The highest BCUT2D eigenvalue weighted by Gasteiger charge is 2.18. The summed E-state index contributed by atoms with van der Waals surface area (Å²) in [4.78, 5) is 12.0. The van der Waals surface area contributed by atoms with Gasteiger partial charge in [-0.15, -0.1) is 11.3 Å². The van der Waals surface area contributed by atoms with E-state index in [1.165, 1.54) is 11.3 Å². The van der Waals surface area contributed by atoms with Gasteiger partial charge in [0.15, 0.2) is 17.6 Å². The zero-order chi connectivity index (χ0) is 14.7. The van der Waals surface area contributed by atoms with Gasteiger partial charge in [0, 0.05) is 9.75 Å². The van der Waals surface area contributed by atoms with E-state index in [-0.39, 0.29) is 0 Å². The molecule has 0 aliphatic heterocycles. The third-order valence-electron chi connectivity index (χ3n) is 2.80. The molecule has 0 radical (unpaired) electrons. The predicted molar refractivity (Wildman–Crippen MR) is 75.5 cm³/mol. The third-order valence-corrected chi connectivity index (χ3v) is 3.98. The Balaban J connectivity index is 2.35. The fourth-order valence-electron chi connectivity index (χ4n) is 1.77. The van der Waals surface area contributed by atoms with Crippen molar-refractivity contribution in [3.8, 4) is 21.9 Å². The Labute approximate surface area is 120 Å². The number of carboxylic acids is 1. The normalized spacial score (nSPS) is 11.9. The average Bonchev–Trinajstić information content (AvgIpc) is 2.95. The van der Waals surface area contributed by atoms with Crippen LogP contribution in [0, 0.1) is 0 Å². The quantitative estimate of drug-likeness (QED) is 0.886. The van der Waals surface area contributed by atoms with Crippen molar-refractivity contribution >= 4 is 17.3 Å². The molecule has 0 aliphatic rings. The number of thiophene rings is 1. The summed E-state index contributed by atoms with van der Waals surface area (Å²) < 4.78 is 10.4. The van der Waals surface area contributed by atoms with E-state index >= 15 is 0 Å². The maximum Gasteiger partial charge on any atom is 0.338 e. The van der Waals surface area contributed by atoms with Gasteiger partial charge in [0.25, 0.3) is 0 Å². The number of methoxy groups -OCH3 is 2. The van der Waals surface area contributed by atoms with Crippen LogP contribution in [0.1, 0.15) is 11.0 Å². The van der Waals surface area contributed by atoms with Crippen LogP contribution in [0.15, 0.2) is 30.3 Å². The second-order valence-electron chi connectivity index (χ2n) is 4.01. The molecule has 2 N–H and O–H groups in total. The molecule has 1 aromatic heterocycles. The standard InChI is InChI=1S/C14H14O5S/c1-18-9-4-3-8(7-10(9)19-2)11-5-6-12(20-11)13(15)14(16)17/h3-7,13,15H,1-2H3,(H,16,17). The van der Waals surface area contributed by atoms with Gasteiger partial charge in [0.05, 0.1) is 14.2 Å². The topological polar surface area (TPSA) is 76.0 Å². The lowest BCUT2D eigenvalue weighted by Gasteiger charge is -2.08. The molecule has 0 saturated carbocycles. The molecule has 0 aliphatic carbocycles. The number of rotatable bonds is 5. The fraction of sp³-hybridized carbons (Fsp3) is 0.214. The van der Waals surface area contributed by atoms with Gasteiger partial charge in [0.2, 0.25) is 0 Å². The molecule has 106 valence electrons. The van der Waals surface area contributed by atoms with Crippen molar-refractivity contribution in [2.75, 3.05) is 14.2 Å². The zero-order valence-electron chi connectivity index (χ0n) is 11.0. The lowest BCUT2D eigenvalue weighted by atomic mass is 10.1. The number of aliphatic hydroxyl groups is 1. The molecule has 1 aromatic carbocycles. The Morgan fingerprint density at radius 1 is 1.15 bits per heavy atom. The number of hydrogen-bond acceptors (Lipinski definition) is 5. The Hall–Kier alpha value is -2.05. The molecule has 0 saturated heterocycles. The van der Waals surface area contributed by atoms with Crippen LogP contribution in [0.25, 0.3) is 10.4 Å². The molecule has 2 rings (SSSR count). The SMILES string of the molecule is COc1ccc(-c2ccc(C(O)C(=O)O)s2)cc1OC. The number of aliphatic carboxylic acids is 1. The van der Waals surface area contributed by atoms with Gasteiger partial charge in [-0.3, -0.25) is 0 Å². The van der Waals surface area contributed by atoms with E-state index in [0.29, 0.717) is 16.4 Å². The third kappa shape index (κ3) is 2.76. The maximum absolute atomic E-state index is 10.7. The molecule has 0 fully saturated rings. The molecule has 6 heteroatoms. The summed E-state index contributed by atoms with van der Waals surface area (Å²) in [5, 5.41) is 18.3. The molecule has 0 amide bonds. The van der Waals surface area contributed by atoms with Gasteiger partial charge in [-0.05, 0) is 35.9 Å². The van der Waals surface area contributed by atoms with Gasteiger partial charge in [-0.1, -0.05) is 0 Å². The van der Waals surface area contributed by atoms with Gasteiger partial charge in [0.1, 0.15) is 0 Å². The molecule has 1 unspecified atom stereocenters. The average molecular weight is 294 g/mol. The van der Waals surface area contributed by atoms with Gasteiger partial charge >= 0.3 is 5.97 Å². The first kappa shape index (κ1) is 14.4. The van der Waals surface area contributed by atoms with Crippen LogP contribution in [0.3, 0.4) is 0 Å². The van der Waals surface area contributed by atoms with Crippen molar-refractivity contribution < 1.29 is 24.5 Å². The van der Waals surface area contributed by atoms with E-state index in [9.17, 15) is 9.90 Å². The monoisotopic (exact) mass is 294 g/mol. The highest BCUT2D eigenvalue weighted by atomic mass is 32.1. The van der Waals surface area contributed by atoms with Gasteiger partial charge < -0.3 is 19.7 Å². The van der Waals surface area contributed by atoms with E-state index in [4.69, 9.17) is 14.6 Å². The number of ether oxygens (including phenoxy) is 2. The Morgan fingerprint density at radius 2 is 1.85 bits per heavy atom. The van der Waals surface area contributed by atoms with Crippen molar-refractivity contribution in [3.63, 3.8) is 0 Å².